The first kappa shape index (κ1) is 15.9. The van der Waals surface area contributed by atoms with Crippen LogP contribution in [0.5, 0.6) is 5.75 Å². The van der Waals surface area contributed by atoms with Crippen molar-refractivity contribution in [1.82, 2.24) is 5.32 Å². The Morgan fingerprint density at radius 2 is 2.14 bits per heavy atom. The predicted octanol–water partition coefficient (Wildman–Crippen LogP) is 2.82. The number of carbonyl (C=O) groups excluding carboxylic acids is 2. The van der Waals surface area contributed by atoms with Crippen molar-refractivity contribution in [2.75, 3.05) is 19.0 Å². The molecule has 1 unspecified atom stereocenters. The van der Waals surface area contributed by atoms with Crippen LogP contribution in [-0.4, -0.2) is 31.5 Å². The molecule has 7 heteroatoms. The molecule has 0 saturated carbocycles. The van der Waals surface area contributed by atoms with Crippen LogP contribution in [0.4, 0.5) is 15.3 Å². The van der Waals surface area contributed by atoms with Crippen LogP contribution in [0.2, 0.25) is 0 Å². The number of benzene rings is 1. The van der Waals surface area contributed by atoms with Gasteiger partial charge in [-0.1, -0.05) is 6.07 Å². The van der Waals surface area contributed by atoms with Gasteiger partial charge in [0.25, 0.3) is 0 Å². The average Bonchev–Trinajstić information content (AvgIpc) is 2.82. The highest BCUT2D eigenvalue weighted by Gasteiger charge is 2.27. The summed E-state index contributed by atoms with van der Waals surface area (Å²) in [5.41, 5.74) is 0.621. The van der Waals surface area contributed by atoms with Gasteiger partial charge >= 0.3 is 12.2 Å². The topological polar surface area (TPSA) is 85.9 Å². The lowest BCUT2D eigenvalue weighted by atomic mass is 10.1. The van der Waals surface area contributed by atoms with Crippen molar-refractivity contribution in [3.63, 3.8) is 0 Å². The van der Waals surface area contributed by atoms with Gasteiger partial charge < -0.3 is 19.5 Å². The summed E-state index contributed by atoms with van der Waals surface area (Å²) in [5.74, 6) is 0.583. The maximum Gasteiger partial charge on any atom is 0.412 e. The molecular formula is C15H20N2O5. The zero-order valence-corrected chi connectivity index (χ0v) is 13.1. The summed E-state index contributed by atoms with van der Waals surface area (Å²) < 4.78 is 15.3. The van der Waals surface area contributed by atoms with Gasteiger partial charge in [0.2, 0.25) is 0 Å². The van der Waals surface area contributed by atoms with Crippen molar-refractivity contribution < 1.29 is 23.8 Å². The molecule has 0 spiro atoms. The standard InChI is InChI=1S/C15H20N2O5/c1-15(2,3)22-14(19)16-11-7-9(20-4)5-6-10(11)12-8-21-13(18)17-12/h5-7,12H,8H2,1-4H3,(H,16,19)(H,17,18). The third kappa shape index (κ3) is 4.03. The van der Waals surface area contributed by atoms with E-state index in [1.165, 1.54) is 7.11 Å². The highest BCUT2D eigenvalue weighted by Crippen LogP contribution is 2.30. The summed E-state index contributed by atoms with van der Waals surface area (Å²) >= 11 is 0. The molecule has 1 aliphatic rings. The summed E-state index contributed by atoms with van der Waals surface area (Å²) in [5, 5.41) is 5.36. The second-order valence-corrected chi connectivity index (χ2v) is 5.88. The molecule has 1 aromatic carbocycles. The molecule has 2 N–H and O–H groups in total. The Hall–Kier alpha value is -2.44. The summed E-state index contributed by atoms with van der Waals surface area (Å²) in [7, 11) is 1.53. The predicted molar refractivity (Wildman–Crippen MR) is 80.1 cm³/mol. The van der Waals surface area contributed by atoms with E-state index in [2.05, 4.69) is 10.6 Å². The lowest BCUT2D eigenvalue weighted by Gasteiger charge is -2.21. The normalized spacial score (nSPS) is 17.5. The molecule has 1 atom stereocenters. The highest BCUT2D eigenvalue weighted by atomic mass is 16.6. The van der Waals surface area contributed by atoms with Gasteiger partial charge in [0.05, 0.1) is 18.8 Å². The Morgan fingerprint density at radius 3 is 2.68 bits per heavy atom. The van der Waals surface area contributed by atoms with Crippen LogP contribution in [0.1, 0.15) is 32.4 Å². The quantitative estimate of drug-likeness (QED) is 0.896. The van der Waals surface area contributed by atoms with Crippen LogP contribution in [0, 0.1) is 0 Å². The second kappa shape index (κ2) is 6.13. The van der Waals surface area contributed by atoms with E-state index >= 15 is 0 Å². The lowest BCUT2D eigenvalue weighted by molar-refractivity contribution is 0.0635. The number of amides is 2. The van der Waals surface area contributed by atoms with E-state index in [1.54, 1.807) is 39.0 Å². The fourth-order valence-corrected chi connectivity index (χ4v) is 2.04. The molecule has 1 aliphatic heterocycles. The minimum Gasteiger partial charge on any atom is -0.497 e. The minimum absolute atomic E-state index is 0.203. The van der Waals surface area contributed by atoms with E-state index in [9.17, 15) is 9.59 Å². The molecule has 1 aromatic rings. The van der Waals surface area contributed by atoms with Gasteiger partial charge in [-0.15, -0.1) is 0 Å². The lowest BCUT2D eigenvalue weighted by Crippen LogP contribution is -2.28. The number of cyclic esters (lactones) is 1. The first-order chi connectivity index (χ1) is 10.3. The summed E-state index contributed by atoms with van der Waals surface area (Å²) in [6.07, 6.45) is -1.06. The van der Waals surface area contributed by atoms with Crippen molar-refractivity contribution in [2.24, 2.45) is 0 Å². The fraction of sp³-hybridized carbons (Fsp3) is 0.467. The molecule has 22 heavy (non-hydrogen) atoms. The Labute approximate surface area is 128 Å². The third-order valence-corrected chi connectivity index (χ3v) is 2.94. The van der Waals surface area contributed by atoms with Gasteiger partial charge in [-0.3, -0.25) is 5.32 Å². The number of nitrogens with one attached hydrogen (secondary N) is 2. The van der Waals surface area contributed by atoms with Gasteiger partial charge in [0.1, 0.15) is 18.0 Å². The average molecular weight is 308 g/mol. The molecule has 0 bridgehead atoms. The number of hydrogen-bond acceptors (Lipinski definition) is 5. The first-order valence-electron chi connectivity index (χ1n) is 6.90. The van der Waals surface area contributed by atoms with Crippen molar-refractivity contribution in [3.8, 4) is 5.75 Å². The smallest absolute Gasteiger partial charge is 0.412 e. The van der Waals surface area contributed by atoms with Crippen molar-refractivity contribution >= 4 is 17.9 Å². The molecule has 2 amide bonds. The van der Waals surface area contributed by atoms with Crippen LogP contribution in [-0.2, 0) is 9.47 Å². The van der Waals surface area contributed by atoms with Crippen molar-refractivity contribution in [2.45, 2.75) is 32.4 Å². The number of anilines is 1. The van der Waals surface area contributed by atoms with Crippen LogP contribution in [0.15, 0.2) is 18.2 Å². The SMILES string of the molecule is COc1ccc(C2COC(=O)N2)c(NC(=O)OC(C)(C)C)c1. The molecule has 7 nitrogen and oxygen atoms in total. The largest absolute Gasteiger partial charge is 0.497 e. The number of carbonyl (C=O) groups is 2. The van der Waals surface area contributed by atoms with Gasteiger partial charge in [-0.05, 0) is 26.8 Å². The number of methoxy groups -OCH3 is 1. The molecule has 1 saturated heterocycles. The molecule has 0 radical (unpaired) electrons. The monoisotopic (exact) mass is 308 g/mol. The van der Waals surface area contributed by atoms with Gasteiger partial charge in [-0.25, -0.2) is 9.59 Å². The summed E-state index contributed by atoms with van der Waals surface area (Å²) in [4.78, 5) is 23.2. The Bertz CT molecular complexity index is 580. The van der Waals surface area contributed by atoms with E-state index in [1.807, 2.05) is 0 Å². The van der Waals surface area contributed by atoms with Crippen LogP contribution < -0.4 is 15.4 Å². The van der Waals surface area contributed by atoms with Gasteiger partial charge in [-0.2, -0.15) is 0 Å². The molecule has 120 valence electrons. The molecule has 0 aromatic heterocycles. The van der Waals surface area contributed by atoms with E-state index in [0.29, 0.717) is 11.4 Å². The highest BCUT2D eigenvalue weighted by molar-refractivity contribution is 5.87. The third-order valence-electron chi connectivity index (χ3n) is 2.94. The van der Waals surface area contributed by atoms with E-state index in [-0.39, 0.29) is 12.6 Å². The fourth-order valence-electron chi connectivity index (χ4n) is 2.04. The number of ether oxygens (including phenoxy) is 3. The van der Waals surface area contributed by atoms with Crippen LogP contribution >= 0.6 is 0 Å². The maximum atomic E-state index is 12.0. The Morgan fingerprint density at radius 1 is 1.41 bits per heavy atom. The Balaban J connectivity index is 2.23. The molecule has 1 fully saturated rings. The van der Waals surface area contributed by atoms with Gasteiger partial charge in [0.15, 0.2) is 0 Å². The van der Waals surface area contributed by atoms with E-state index in [0.717, 1.165) is 5.56 Å². The Kier molecular flexibility index (Phi) is 4.44. The minimum atomic E-state index is -0.603. The zero-order chi connectivity index (χ0) is 16.3. The zero-order valence-electron chi connectivity index (χ0n) is 13.1. The van der Waals surface area contributed by atoms with E-state index in [4.69, 9.17) is 14.2 Å². The van der Waals surface area contributed by atoms with Crippen LogP contribution in [0.3, 0.4) is 0 Å². The summed E-state index contributed by atoms with van der Waals surface area (Å²) in [6, 6.07) is 4.86. The van der Waals surface area contributed by atoms with Gasteiger partial charge in [0, 0.05) is 11.6 Å². The van der Waals surface area contributed by atoms with Crippen molar-refractivity contribution in [3.05, 3.63) is 23.8 Å². The first-order valence-corrected chi connectivity index (χ1v) is 6.90. The summed E-state index contributed by atoms with van der Waals surface area (Å²) in [6.45, 7) is 5.55. The molecular weight excluding hydrogens is 288 g/mol. The molecule has 2 rings (SSSR count). The molecule has 0 aliphatic carbocycles. The van der Waals surface area contributed by atoms with Crippen molar-refractivity contribution in [1.29, 1.82) is 0 Å². The number of alkyl carbamates (subject to hydrolysis) is 1. The maximum absolute atomic E-state index is 12.0. The second-order valence-electron chi connectivity index (χ2n) is 5.88. The molecule has 1 heterocycles. The number of hydrogen-bond donors (Lipinski definition) is 2. The number of rotatable bonds is 3. The van der Waals surface area contributed by atoms with Crippen LogP contribution in [0.25, 0.3) is 0 Å². The van der Waals surface area contributed by atoms with E-state index < -0.39 is 17.8 Å².